The Morgan fingerprint density at radius 1 is 1.07 bits per heavy atom. The smallest absolute Gasteiger partial charge is 0.248 e. The second-order valence-electron chi connectivity index (χ2n) is 6.80. The highest BCUT2D eigenvalue weighted by Gasteiger charge is 2.28. The van der Waals surface area contributed by atoms with Crippen molar-refractivity contribution in [2.75, 3.05) is 59.8 Å². The van der Waals surface area contributed by atoms with Crippen LogP contribution in [0.15, 0.2) is 0 Å². The lowest BCUT2D eigenvalue weighted by atomic mass is 9.99. The Morgan fingerprint density at radius 2 is 1.85 bits per heavy atom. The number of rotatable bonds is 15. The lowest BCUT2D eigenvalue weighted by Crippen LogP contribution is -2.47. The molecular weight excluding hydrogens is 350 g/mol. The van der Waals surface area contributed by atoms with Crippen LogP contribution in [-0.4, -0.2) is 82.5 Å². The number of unbranched alkanes of at least 4 members (excludes halogenated alkanes) is 2. The van der Waals surface area contributed by atoms with Crippen molar-refractivity contribution in [1.82, 2.24) is 10.2 Å². The zero-order valence-corrected chi connectivity index (χ0v) is 16.7. The van der Waals surface area contributed by atoms with Crippen LogP contribution >= 0.6 is 0 Å². The summed E-state index contributed by atoms with van der Waals surface area (Å²) in [5, 5.41) is 2.95. The molecule has 1 heterocycles. The first kappa shape index (κ1) is 23.8. The molecule has 27 heavy (non-hydrogen) atoms. The summed E-state index contributed by atoms with van der Waals surface area (Å²) in [6, 6.07) is -0.0307. The fourth-order valence-electron chi connectivity index (χ4n) is 3.11. The highest BCUT2D eigenvalue weighted by Crippen LogP contribution is 2.20. The van der Waals surface area contributed by atoms with Gasteiger partial charge in [-0.15, -0.1) is 0 Å². The molecule has 8 nitrogen and oxygen atoms in total. The third-order valence-electron chi connectivity index (χ3n) is 4.60. The Hall–Kier alpha value is -1.22. The molecule has 1 atom stereocenters. The van der Waals surface area contributed by atoms with Gasteiger partial charge < -0.3 is 30.2 Å². The van der Waals surface area contributed by atoms with Gasteiger partial charge in [0.15, 0.2) is 0 Å². The number of likely N-dealkylation sites (tertiary alicyclic amines) is 1. The van der Waals surface area contributed by atoms with E-state index < -0.39 is 0 Å². The van der Waals surface area contributed by atoms with Gasteiger partial charge in [0.05, 0.1) is 26.4 Å². The van der Waals surface area contributed by atoms with Crippen molar-refractivity contribution in [3.8, 4) is 0 Å². The van der Waals surface area contributed by atoms with Crippen LogP contribution < -0.4 is 11.1 Å². The number of hydrogen-bond acceptors (Lipinski definition) is 6. The molecule has 0 bridgehead atoms. The molecule has 0 aromatic rings. The summed E-state index contributed by atoms with van der Waals surface area (Å²) < 4.78 is 15.6. The first-order valence-electron chi connectivity index (χ1n) is 10.1. The molecule has 1 aliphatic heterocycles. The van der Waals surface area contributed by atoms with Gasteiger partial charge in [0.25, 0.3) is 0 Å². The minimum absolute atomic E-state index is 0.0138. The standard InChI is InChI=1S/C19H37N3O5/c1-25-11-12-26-13-14-27-16-19(24)22-10-6-3-7-17(22)15-18(23)21-9-5-2-4-8-20/h17H,2-16,20H2,1H3,(H,21,23). The van der Waals surface area contributed by atoms with Crippen molar-refractivity contribution in [2.45, 2.75) is 51.0 Å². The molecule has 1 unspecified atom stereocenters. The van der Waals surface area contributed by atoms with Crippen LogP contribution in [-0.2, 0) is 23.8 Å². The summed E-state index contributed by atoms with van der Waals surface area (Å²) >= 11 is 0. The maximum atomic E-state index is 12.5. The van der Waals surface area contributed by atoms with Crippen molar-refractivity contribution in [3.63, 3.8) is 0 Å². The van der Waals surface area contributed by atoms with E-state index in [9.17, 15) is 9.59 Å². The molecule has 1 saturated heterocycles. The lowest BCUT2D eigenvalue weighted by Gasteiger charge is -2.35. The zero-order valence-electron chi connectivity index (χ0n) is 16.7. The van der Waals surface area contributed by atoms with Gasteiger partial charge in [-0.05, 0) is 38.6 Å². The molecule has 1 aliphatic rings. The lowest BCUT2D eigenvalue weighted by molar-refractivity contribution is -0.141. The molecule has 2 amide bonds. The van der Waals surface area contributed by atoms with Gasteiger partial charge in [0, 0.05) is 32.7 Å². The Morgan fingerprint density at radius 3 is 2.63 bits per heavy atom. The van der Waals surface area contributed by atoms with Gasteiger partial charge in [0.2, 0.25) is 11.8 Å². The minimum atomic E-state index is -0.0488. The monoisotopic (exact) mass is 387 g/mol. The second-order valence-corrected chi connectivity index (χ2v) is 6.80. The maximum Gasteiger partial charge on any atom is 0.248 e. The molecular formula is C19H37N3O5. The molecule has 0 aromatic heterocycles. The van der Waals surface area contributed by atoms with E-state index >= 15 is 0 Å². The average molecular weight is 388 g/mol. The summed E-state index contributed by atoms with van der Waals surface area (Å²) in [6.45, 7) is 3.96. The third-order valence-corrected chi connectivity index (χ3v) is 4.60. The first-order valence-corrected chi connectivity index (χ1v) is 10.1. The van der Waals surface area contributed by atoms with Crippen LogP contribution in [0.1, 0.15) is 44.9 Å². The Kier molecular flexibility index (Phi) is 13.9. The summed E-state index contributed by atoms with van der Waals surface area (Å²) in [7, 11) is 1.62. The largest absolute Gasteiger partial charge is 0.382 e. The summed E-state index contributed by atoms with van der Waals surface area (Å²) in [5.74, 6) is -0.0350. The number of hydrogen-bond donors (Lipinski definition) is 2. The number of nitrogens with zero attached hydrogens (tertiary/aromatic N) is 1. The van der Waals surface area contributed by atoms with E-state index in [0.29, 0.717) is 52.5 Å². The molecule has 158 valence electrons. The second kappa shape index (κ2) is 15.8. The molecule has 0 saturated carbocycles. The molecule has 0 aliphatic carbocycles. The Labute approximate surface area is 163 Å². The molecule has 0 aromatic carbocycles. The number of piperidine rings is 1. The van der Waals surface area contributed by atoms with E-state index in [4.69, 9.17) is 19.9 Å². The van der Waals surface area contributed by atoms with E-state index in [0.717, 1.165) is 38.5 Å². The van der Waals surface area contributed by atoms with E-state index in [-0.39, 0.29) is 24.5 Å². The van der Waals surface area contributed by atoms with Gasteiger partial charge >= 0.3 is 0 Å². The van der Waals surface area contributed by atoms with Crippen molar-refractivity contribution in [1.29, 1.82) is 0 Å². The van der Waals surface area contributed by atoms with Gasteiger partial charge in [-0.1, -0.05) is 6.42 Å². The van der Waals surface area contributed by atoms with E-state index in [1.165, 1.54) is 0 Å². The van der Waals surface area contributed by atoms with Crippen molar-refractivity contribution in [3.05, 3.63) is 0 Å². The van der Waals surface area contributed by atoms with Gasteiger partial charge in [-0.2, -0.15) is 0 Å². The van der Waals surface area contributed by atoms with Crippen LogP contribution in [0.4, 0.5) is 0 Å². The van der Waals surface area contributed by atoms with Crippen LogP contribution in [0.3, 0.4) is 0 Å². The van der Waals surface area contributed by atoms with Gasteiger partial charge in [0.1, 0.15) is 6.61 Å². The number of ether oxygens (including phenoxy) is 3. The molecule has 1 fully saturated rings. The van der Waals surface area contributed by atoms with Crippen LogP contribution in [0.5, 0.6) is 0 Å². The molecule has 8 heteroatoms. The summed E-state index contributed by atoms with van der Waals surface area (Å²) in [6.07, 6.45) is 6.21. The third kappa shape index (κ3) is 11.3. The Balaban J connectivity index is 2.24. The quantitative estimate of drug-likeness (QED) is 0.401. The highest BCUT2D eigenvalue weighted by atomic mass is 16.5. The van der Waals surface area contributed by atoms with E-state index in [1.54, 1.807) is 7.11 Å². The fourth-order valence-corrected chi connectivity index (χ4v) is 3.11. The zero-order chi connectivity index (χ0) is 19.7. The number of methoxy groups -OCH3 is 1. The van der Waals surface area contributed by atoms with Crippen molar-refractivity contribution >= 4 is 11.8 Å². The summed E-state index contributed by atoms with van der Waals surface area (Å²) in [5.41, 5.74) is 5.46. The first-order chi connectivity index (χ1) is 13.2. The topological polar surface area (TPSA) is 103 Å². The minimum Gasteiger partial charge on any atom is -0.382 e. The SMILES string of the molecule is COCCOCCOCC(=O)N1CCCCC1CC(=O)NCCCCCN. The molecule has 1 rings (SSSR count). The number of amides is 2. The van der Waals surface area contributed by atoms with Gasteiger partial charge in [-0.25, -0.2) is 0 Å². The average Bonchev–Trinajstić information content (AvgIpc) is 2.67. The Bertz CT molecular complexity index is 409. The van der Waals surface area contributed by atoms with E-state index in [1.807, 2.05) is 4.90 Å². The summed E-state index contributed by atoms with van der Waals surface area (Å²) in [4.78, 5) is 26.4. The van der Waals surface area contributed by atoms with Crippen molar-refractivity contribution < 1.29 is 23.8 Å². The fraction of sp³-hybridized carbons (Fsp3) is 0.895. The van der Waals surface area contributed by atoms with Crippen molar-refractivity contribution in [2.24, 2.45) is 5.73 Å². The number of nitrogens with one attached hydrogen (secondary N) is 1. The molecule has 3 N–H and O–H groups in total. The van der Waals surface area contributed by atoms with Crippen LogP contribution in [0.2, 0.25) is 0 Å². The van der Waals surface area contributed by atoms with Crippen LogP contribution in [0.25, 0.3) is 0 Å². The number of carbonyl (C=O) groups excluding carboxylic acids is 2. The number of nitrogens with two attached hydrogens (primary N) is 1. The van der Waals surface area contributed by atoms with E-state index in [2.05, 4.69) is 5.32 Å². The predicted octanol–water partition coefficient (Wildman–Crippen LogP) is 0.682. The van der Waals surface area contributed by atoms with Gasteiger partial charge in [-0.3, -0.25) is 9.59 Å². The van der Waals surface area contributed by atoms with Crippen LogP contribution in [0, 0.1) is 0 Å². The molecule has 0 spiro atoms. The maximum absolute atomic E-state index is 12.5. The highest BCUT2D eigenvalue weighted by molar-refractivity contribution is 5.80. The normalized spacial score (nSPS) is 17.1. The number of carbonyl (C=O) groups is 2. The molecule has 0 radical (unpaired) electrons. The predicted molar refractivity (Wildman–Crippen MR) is 103 cm³/mol.